The molecule has 1 fully saturated rings. The number of hydrogen-bond donors (Lipinski definition) is 1. The van der Waals surface area contributed by atoms with Crippen LogP contribution < -0.4 is 15.1 Å². The predicted molar refractivity (Wildman–Crippen MR) is 101 cm³/mol. The molecule has 2 heterocycles. The molecular formula is C18H21ClN4O2. The first-order chi connectivity index (χ1) is 12.1. The average Bonchev–Trinajstić information content (AvgIpc) is 2.62. The van der Waals surface area contributed by atoms with Gasteiger partial charge in [-0.05, 0) is 24.3 Å². The van der Waals surface area contributed by atoms with Crippen LogP contribution >= 0.6 is 11.6 Å². The van der Waals surface area contributed by atoms with Crippen molar-refractivity contribution in [2.45, 2.75) is 0 Å². The van der Waals surface area contributed by atoms with Crippen LogP contribution in [0.3, 0.4) is 0 Å². The van der Waals surface area contributed by atoms with Gasteiger partial charge in [-0.1, -0.05) is 17.7 Å². The summed E-state index contributed by atoms with van der Waals surface area (Å²) in [5.74, 6) is -0.263. The summed E-state index contributed by atoms with van der Waals surface area (Å²) in [5, 5.41) is 3.49. The zero-order chi connectivity index (χ0) is 17.8. The molecule has 0 radical (unpaired) electrons. The van der Waals surface area contributed by atoms with Crippen molar-refractivity contribution in [1.82, 2.24) is 4.98 Å². The van der Waals surface area contributed by atoms with Gasteiger partial charge in [-0.15, -0.1) is 0 Å². The molecule has 0 unspecified atom stereocenters. The number of pyridine rings is 1. The van der Waals surface area contributed by atoms with Crippen LogP contribution in [0.15, 0.2) is 36.5 Å². The molecule has 1 aromatic carbocycles. The maximum Gasteiger partial charge on any atom is 0.274 e. The Bertz CT molecular complexity index is 760. The number of carbonyl (C=O) groups excluding carboxylic acids is 1. The second-order valence-electron chi connectivity index (χ2n) is 5.98. The molecule has 1 aliphatic rings. The molecule has 1 N–H and O–H groups in total. The van der Waals surface area contributed by atoms with Crippen LogP contribution in [0.5, 0.6) is 0 Å². The Hall–Kier alpha value is -2.31. The number of nitrogens with one attached hydrogen (secondary N) is 1. The summed E-state index contributed by atoms with van der Waals surface area (Å²) in [6.07, 6.45) is 1.66. The van der Waals surface area contributed by atoms with E-state index in [1.54, 1.807) is 18.3 Å². The Balaban J connectivity index is 1.81. The maximum absolute atomic E-state index is 12.7. The van der Waals surface area contributed by atoms with Crippen molar-refractivity contribution >= 4 is 34.6 Å². The fourth-order valence-corrected chi connectivity index (χ4v) is 3.16. The van der Waals surface area contributed by atoms with Gasteiger partial charge in [0.05, 0.1) is 29.6 Å². The Morgan fingerprint density at radius 1 is 1.28 bits per heavy atom. The zero-order valence-corrected chi connectivity index (χ0v) is 15.1. The van der Waals surface area contributed by atoms with E-state index in [9.17, 15) is 4.79 Å². The van der Waals surface area contributed by atoms with Crippen LogP contribution in [-0.4, -0.2) is 51.3 Å². The van der Waals surface area contributed by atoms with Gasteiger partial charge in [0.2, 0.25) is 0 Å². The normalized spacial score (nSPS) is 14.3. The van der Waals surface area contributed by atoms with E-state index < -0.39 is 0 Å². The summed E-state index contributed by atoms with van der Waals surface area (Å²) in [6, 6.07) is 9.14. The fraction of sp³-hybridized carbons (Fsp3) is 0.333. The number of hydrogen-bond acceptors (Lipinski definition) is 5. The van der Waals surface area contributed by atoms with Crippen LogP contribution in [0, 0.1) is 0 Å². The summed E-state index contributed by atoms with van der Waals surface area (Å²) < 4.78 is 5.37. The molecule has 7 heteroatoms. The number of amides is 1. The molecule has 1 saturated heterocycles. The number of carbonyl (C=O) groups is 1. The third kappa shape index (κ3) is 4.03. The number of anilines is 3. The molecule has 132 valence electrons. The number of rotatable bonds is 4. The van der Waals surface area contributed by atoms with Gasteiger partial charge in [0.25, 0.3) is 5.91 Å². The predicted octanol–water partition coefficient (Wildman–Crippen LogP) is 2.89. The van der Waals surface area contributed by atoms with Crippen LogP contribution in [-0.2, 0) is 4.74 Å². The summed E-state index contributed by atoms with van der Waals surface area (Å²) in [5.41, 5.74) is 2.76. The number of para-hydroxylation sites is 1. The van der Waals surface area contributed by atoms with E-state index in [2.05, 4.69) is 15.2 Å². The van der Waals surface area contributed by atoms with Crippen molar-refractivity contribution in [1.29, 1.82) is 0 Å². The minimum atomic E-state index is -0.263. The van der Waals surface area contributed by atoms with Gasteiger partial charge in [-0.25, -0.2) is 0 Å². The van der Waals surface area contributed by atoms with Crippen molar-refractivity contribution < 1.29 is 9.53 Å². The molecule has 3 rings (SSSR count). The van der Waals surface area contributed by atoms with E-state index in [0.717, 1.165) is 24.5 Å². The molecule has 1 amide bonds. The molecule has 25 heavy (non-hydrogen) atoms. The molecule has 6 nitrogen and oxygen atoms in total. The summed E-state index contributed by atoms with van der Waals surface area (Å²) in [7, 11) is 3.77. The lowest BCUT2D eigenvalue weighted by Crippen LogP contribution is -2.36. The van der Waals surface area contributed by atoms with Gasteiger partial charge in [-0.3, -0.25) is 9.78 Å². The SMILES string of the molecule is CN(C)c1c(Cl)cccc1NC(=O)c1cc(N2CCOCC2)ccn1. The summed E-state index contributed by atoms with van der Waals surface area (Å²) in [6.45, 7) is 3.01. The third-order valence-electron chi connectivity index (χ3n) is 4.03. The van der Waals surface area contributed by atoms with Crippen LogP contribution in [0.4, 0.5) is 17.1 Å². The molecule has 0 saturated carbocycles. The van der Waals surface area contributed by atoms with Crippen LogP contribution in [0.1, 0.15) is 10.5 Å². The Morgan fingerprint density at radius 3 is 2.76 bits per heavy atom. The molecule has 0 spiro atoms. The van der Waals surface area contributed by atoms with Gasteiger partial charge < -0.3 is 19.9 Å². The monoisotopic (exact) mass is 360 g/mol. The number of morpholine rings is 1. The molecule has 0 atom stereocenters. The first kappa shape index (κ1) is 17.5. The molecule has 1 aromatic heterocycles. The average molecular weight is 361 g/mol. The summed E-state index contributed by atoms with van der Waals surface area (Å²) >= 11 is 6.25. The third-order valence-corrected chi connectivity index (χ3v) is 4.34. The van der Waals surface area contributed by atoms with Crippen molar-refractivity contribution in [3.63, 3.8) is 0 Å². The lowest BCUT2D eigenvalue weighted by molar-refractivity contribution is 0.102. The molecule has 1 aliphatic heterocycles. The number of ether oxygens (including phenoxy) is 1. The van der Waals surface area contributed by atoms with Gasteiger partial charge in [0.1, 0.15) is 5.69 Å². The van der Waals surface area contributed by atoms with Crippen molar-refractivity contribution in [3.8, 4) is 0 Å². The highest BCUT2D eigenvalue weighted by Gasteiger charge is 2.16. The highest BCUT2D eigenvalue weighted by atomic mass is 35.5. The maximum atomic E-state index is 12.7. The Labute approximate surface area is 152 Å². The van der Waals surface area contributed by atoms with E-state index in [-0.39, 0.29) is 5.91 Å². The second kappa shape index (κ2) is 7.72. The lowest BCUT2D eigenvalue weighted by Gasteiger charge is -2.28. The van der Waals surface area contributed by atoms with Gasteiger partial charge in [0.15, 0.2) is 0 Å². The quantitative estimate of drug-likeness (QED) is 0.908. The van der Waals surface area contributed by atoms with Gasteiger partial charge in [-0.2, -0.15) is 0 Å². The van der Waals surface area contributed by atoms with E-state index in [1.165, 1.54) is 0 Å². The highest BCUT2D eigenvalue weighted by molar-refractivity contribution is 6.34. The number of aromatic nitrogens is 1. The van der Waals surface area contributed by atoms with Crippen LogP contribution in [0.2, 0.25) is 5.02 Å². The van der Waals surface area contributed by atoms with Crippen molar-refractivity contribution in [3.05, 3.63) is 47.2 Å². The minimum absolute atomic E-state index is 0.263. The topological polar surface area (TPSA) is 57.7 Å². The Morgan fingerprint density at radius 2 is 2.04 bits per heavy atom. The fourth-order valence-electron chi connectivity index (χ4n) is 2.82. The van der Waals surface area contributed by atoms with Gasteiger partial charge in [0, 0.05) is 39.1 Å². The van der Waals surface area contributed by atoms with Crippen LogP contribution in [0.25, 0.3) is 0 Å². The summed E-state index contributed by atoms with van der Waals surface area (Å²) in [4.78, 5) is 20.9. The smallest absolute Gasteiger partial charge is 0.274 e. The number of benzene rings is 1. The molecular weight excluding hydrogens is 340 g/mol. The zero-order valence-electron chi connectivity index (χ0n) is 14.3. The van der Waals surface area contributed by atoms with Crippen molar-refractivity contribution in [2.75, 3.05) is 55.5 Å². The van der Waals surface area contributed by atoms with E-state index in [1.807, 2.05) is 37.2 Å². The standard InChI is InChI=1S/C18H21ClN4O2/c1-22(2)17-14(19)4-3-5-15(17)21-18(24)16-12-13(6-7-20-16)23-8-10-25-11-9-23/h3-7,12H,8-11H2,1-2H3,(H,21,24). The first-order valence-corrected chi connectivity index (χ1v) is 8.50. The van der Waals surface area contributed by atoms with E-state index >= 15 is 0 Å². The molecule has 0 bridgehead atoms. The highest BCUT2D eigenvalue weighted by Crippen LogP contribution is 2.32. The van der Waals surface area contributed by atoms with Crippen molar-refractivity contribution in [2.24, 2.45) is 0 Å². The Kier molecular flexibility index (Phi) is 5.40. The number of nitrogens with zero attached hydrogens (tertiary/aromatic N) is 3. The lowest BCUT2D eigenvalue weighted by atomic mass is 10.2. The second-order valence-corrected chi connectivity index (χ2v) is 6.39. The largest absolute Gasteiger partial charge is 0.378 e. The molecule has 0 aliphatic carbocycles. The minimum Gasteiger partial charge on any atom is -0.378 e. The van der Waals surface area contributed by atoms with E-state index in [4.69, 9.17) is 16.3 Å². The first-order valence-electron chi connectivity index (χ1n) is 8.12. The molecule has 2 aromatic rings. The van der Waals surface area contributed by atoms with Gasteiger partial charge >= 0.3 is 0 Å². The number of halogens is 1. The van der Waals surface area contributed by atoms with E-state index in [0.29, 0.717) is 29.6 Å².